The van der Waals surface area contributed by atoms with Gasteiger partial charge >= 0.3 is 0 Å². The summed E-state index contributed by atoms with van der Waals surface area (Å²) in [6.07, 6.45) is 6.15. The molecule has 1 aliphatic rings. The molecule has 2 unspecified atom stereocenters. The molecular formula is C12H16N6O4S. The van der Waals surface area contributed by atoms with Crippen LogP contribution in [0.5, 0.6) is 0 Å². The number of aliphatic hydroxyl groups is 1. The van der Waals surface area contributed by atoms with Crippen LogP contribution in [0, 0.1) is 5.92 Å². The van der Waals surface area contributed by atoms with Gasteiger partial charge in [-0.3, -0.25) is 4.55 Å². The van der Waals surface area contributed by atoms with Crippen molar-refractivity contribution >= 4 is 33.0 Å². The van der Waals surface area contributed by atoms with Crippen molar-refractivity contribution in [3.63, 3.8) is 0 Å². The van der Waals surface area contributed by atoms with Crippen molar-refractivity contribution < 1.29 is 18.1 Å². The molecule has 11 heteroatoms. The molecule has 23 heavy (non-hydrogen) atoms. The van der Waals surface area contributed by atoms with E-state index in [4.69, 9.17) is 10.3 Å². The van der Waals surface area contributed by atoms with E-state index >= 15 is 0 Å². The molecule has 124 valence electrons. The van der Waals surface area contributed by atoms with Gasteiger partial charge in [0.1, 0.15) is 5.88 Å². The van der Waals surface area contributed by atoms with Crippen LogP contribution in [0.15, 0.2) is 18.5 Å². The summed E-state index contributed by atoms with van der Waals surface area (Å²) in [6, 6.07) is -0.0270. The second-order valence-corrected chi connectivity index (χ2v) is 6.74. The second-order valence-electron chi connectivity index (χ2n) is 5.29. The van der Waals surface area contributed by atoms with Crippen LogP contribution in [-0.2, 0) is 10.1 Å². The van der Waals surface area contributed by atoms with Crippen LogP contribution in [0.25, 0.3) is 11.2 Å². The number of nitrogens with zero attached hydrogens (tertiary/aromatic N) is 4. The van der Waals surface area contributed by atoms with Crippen molar-refractivity contribution in [2.75, 3.05) is 23.5 Å². The van der Waals surface area contributed by atoms with Gasteiger partial charge in [0.05, 0.1) is 12.4 Å². The fourth-order valence-electron chi connectivity index (χ4n) is 2.55. The molecule has 10 nitrogen and oxygen atoms in total. The minimum atomic E-state index is -4.21. The molecule has 0 saturated heterocycles. The molecule has 0 radical (unpaired) electrons. The average Bonchev–Trinajstić information content (AvgIpc) is 3.09. The number of nitrogens with two attached hydrogens (primary N) is 1. The Hall–Kier alpha value is -2.24. The number of rotatable bonds is 5. The van der Waals surface area contributed by atoms with Crippen LogP contribution < -0.4 is 11.1 Å². The Balaban J connectivity index is 1.97. The summed E-state index contributed by atoms with van der Waals surface area (Å²) in [7, 11) is -4.21. The van der Waals surface area contributed by atoms with Gasteiger partial charge in [-0.2, -0.15) is 18.4 Å². The number of nitrogen functional groups attached to an aromatic ring is 1. The van der Waals surface area contributed by atoms with E-state index in [1.54, 1.807) is 10.9 Å². The molecule has 2 aromatic heterocycles. The van der Waals surface area contributed by atoms with E-state index in [2.05, 4.69) is 20.3 Å². The number of aliphatic hydroxyl groups excluding tert-OH is 1. The lowest BCUT2D eigenvalue weighted by Crippen LogP contribution is -2.15. The number of hydrogen-bond acceptors (Lipinski definition) is 8. The third-order valence-corrected chi connectivity index (χ3v) is 4.11. The quantitative estimate of drug-likeness (QED) is 0.426. The molecule has 0 spiro atoms. The predicted octanol–water partition coefficient (Wildman–Crippen LogP) is -0.225. The molecule has 5 N–H and O–H groups in total. The number of fused-ring (bicyclic) bond motifs is 1. The monoisotopic (exact) mass is 340 g/mol. The van der Waals surface area contributed by atoms with Crippen LogP contribution in [-0.4, -0.2) is 50.1 Å². The van der Waals surface area contributed by atoms with E-state index in [9.17, 15) is 13.5 Å². The Morgan fingerprint density at radius 3 is 2.83 bits per heavy atom. The van der Waals surface area contributed by atoms with E-state index in [0.717, 1.165) is 0 Å². The van der Waals surface area contributed by atoms with Gasteiger partial charge < -0.3 is 20.7 Å². The Bertz CT molecular complexity index is 862. The molecule has 3 rings (SSSR count). The summed E-state index contributed by atoms with van der Waals surface area (Å²) in [5.74, 6) is -0.544. The molecule has 2 aromatic rings. The van der Waals surface area contributed by atoms with E-state index in [0.29, 0.717) is 17.6 Å². The minimum absolute atomic E-state index is 0.0270. The van der Waals surface area contributed by atoms with Gasteiger partial charge in [-0.25, -0.2) is 4.98 Å². The van der Waals surface area contributed by atoms with Crippen LogP contribution in [0.2, 0.25) is 0 Å². The first-order valence-electron chi connectivity index (χ1n) is 6.85. The molecule has 0 bridgehead atoms. The summed E-state index contributed by atoms with van der Waals surface area (Å²) in [6.45, 7) is 0.0674. The number of imidazole rings is 1. The summed E-state index contributed by atoms with van der Waals surface area (Å²) < 4.78 is 32.4. The van der Waals surface area contributed by atoms with Crippen LogP contribution in [0.1, 0.15) is 12.5 Å². The van der Waals surface area contributed by atoms with E-state index in [-0.39, 0.29) is 30.3 Å². The lowest BCUT2D eigenvalue weighted by atomic mass is 10.1. The van der Waals surface area contributed by atoms with Crippen LogP contribution in [0.4, 0.5) is 11.8 Å². The Morgan fingerprint density at radius 2 is 2.17 bits per heavy atom. The molecule has 0 fully saturated rings. The standard InChI is InChI=1S/C12H16N6O4S/c13-12-16-10(15-6-23(20,21)22)9-11(17-12)18(5-14-9)8-2-1-7(3-8)4-19/h1-2,5,7-8,19H,3-4,6H2,(H,20,21,22)(H3,13,15,16,17). The number of aromatic nitrogens is 4. The van der Waals surface area contributed by atoms with Gasteiger partial charge in [0.25, 0.3) is 10.1 Å². The SMILES string of the molecule is Nc1nc(NCS(=O)(=O)O)c2ncn(C3C=CC(CO)C3)c2n1. The maximum atomic E-state index is 10.9. The third kappa shape index (κ3) is 3.25. The molecule has 2 atom stereocenters. The summed E-state index contributed by atoms with van der Waals surface area (Å²) in [5, 5.41) is 11.7. The van der Waals surface area contributed by atoms with Crippen molar-refractivity contribution in [2.45, 2.75) is 12.5 Å². The fraction of sp³-hybridized carbons (Fsp3) is 0.417. The van der Waals surface area contributed by atoms with E-state index in [1.807, 2.05) is 12.2 Å². The topological polar surface area (TPSA) is 156 Å². The highest BCUT2D eigenvalue weighted by atomic mass is 32.2. The summed E-state index contributed by atoms with van der Waals surface area (Å²) in [5.41, 5.74) is 6.47. The molecule has 2 heterocycles. The minimum Gasteiger partial charge on any atom is -0.396 e. The highest BCUT2D eigenvalue weighted by molar-refractivity contribution is 7.85. The zero-order valence-electron chi connectivity index (χ0n) is 12.0. The number of allylic oxidation sites excluding steroid dienone is 1. The molecule has 0 aliphatic heterocycles. The molecule has 0 aromatic carbocycles. The molecule has 1 aliphatic carbocycles. The second kappa shape index (κ2) is 5.76. The Labute approximate surface area is 131 Å². The first kappa shape index (κ1) is 15.6. The predicted molar refractivity (Wildman–Crippen MR) is 83.1 cm³/mol. The molecule has 0 saturated carbocycles. The molecular weight excluding hydrogens is 324 g/mol. The van der Waals surface area contributed by atoms with Crippen molar-refractivity contribution in [3.8, 4) is 0 Å². The van der Waals surface area contributed by atoms with Gasteiger partial charge in [-0.05, 0) is 6.42 Å². The van der Waals surface area contributed by atoms with Gasteiger partial charge in [-0.1, -0.05) is 12.2 Å². The van der Waals surface area contributed by atoms with Crippen LogP contribution >= 0.6 is 0 Å². The van der Waals surface area contributed by atoms with Crippen LogP contribution in [0.3, 0.4) is 0 Å². The van der Waals surface area contributed by atoms with Gasteiger partial charge in [0.2, 0.25) is 5.95 Å². The largest absolute Gasteiger partial charge is 0.396 e. The van der Waals surface area contributed by atoms with Crippen molar-refractivity contribution in [1.82, 2.24) is 19.5 Å². The lowest BCUT2D eigenvalue weighted by molar-refractivity contribution is 0.244. The third-order valence-electron chi connectivity index (χ3n) is 3.60. The average molecular weight is 340 g/mol. The maximum Gasteiger partial charge on any atom is 0.283 e. The highest BCUT2D eigenvalue weighted by Crippen LogP contribution is 2.31. The summed E-state index contributed by atoms with van der Waals surface area (Å²) >= 11 is 0. The number of anilines is 2. The highest BCUT2D eigenvalue weighted by Gasteiger charge is 2.23. The lowest BCUT2D eigenvalue weighted by Gasteiger charge is -2.13. The first-order chi connectivity index (χ1) is 10.9. The van der Waals surface area contributed by atoms with Crippen molar-refractivity contribution in [2.24, 2.45) is 5.92 Å². The normalized spacial score (nSPS) is 21.1. The van der Waals surface area contributed by atoms with Crippen molar-refractivity contribution in [3.05, 3.63) is 18.5 Å². The maximum absolute atomic E-state index is 10.9. The number of hydrogen-bond donors (Lipinski definition) is 4. The Morgan fingerprint density at radius 1 is 1.39 bits per heavy atom. The Kier molecular flexibility index (Phi) is 3.92. The zero-order valence-corrected chi connectivity index (χ0v) is 12.8. The van der Waals surface area contributed by atoms with Gasteiger partial charge in [0, 0.05) is 12.5 Å². The number of nitrogens with one attached hydrogen (secondary N) is 1. The van der Waals surface area contributed by atoms with Gasteiger partial charge in [0.15, 0.2) is 17.0 Å². The molecule has 0 amide bonds. The van der Waals surface area contributed by atoms with Gasteiger partial charge in [-0.15, -0.1) is 0 Å². The summed E-state index contributed by atoms with van der Waals surface area (Å²) in [4.78, 5) is 12.3. The van der Waals surface area contributed by atoms with E-state index in [1.165, 1.54) is 0 Å². The fourth-order valence-corrected chi connectivity index (χ4v) is 2.87. The first-order valence-corrected chi connectivity index (χ1v) is 8.46. The van der Waals surface area contributed by atoms with E-state index < -0.39 is 16.0 Å². The zero-order chi connectivity index (χ0) is 16.6. The van der Waals surface area contributed by atoms with Crippen molar-refractivity contribution in [1.29, 1.82) is 0 Å². The smallest absolute Gasteiger partial charge is 0.283 e.